The molecule has 0 saturated heterocycles. The van der Waals surface area contributed by atoms with Crippen molar-refractivity contribution in [3.8, 4) is 0 Å². The Kier molecular flexibility index (Phi) is 1.70. The number of anilines is 1. The fourth-order valence-corrected chi connectivity index (χ4v) is 0.628. The molecule has 0 atom stereocenters. The number of hydrogen-bond donors (Lipinski definition) is 2. The van der Waals surface area contributed by atoms with Crippen molar-refractivity contribution in [2.24, 2.45) is 0 Å². The molecule has 0 aliphatic rings. The number of aliphatic hydroxyl groups excluding tert-OH is 1. The van der Waals surface area contributed by atoms with Gasteiger partial charge in [0.2, 0.25) is 0 Å². The van der Waals surface area contributed by atoms with Gasteiger partial charge in [0, 0.05) is 11.3 Å². The second-order valence-corrected chi connectivity index (χ2v) is 1.76. The molecular formula is C7H8NO. The van der Waals surface area contributed by atoms with Gasteiger partial charge < -0.3 is 10.8 Å². The highest BCUT2D eigenvalue weighted by Crippen LogP contribution is 2.09. The van der Waals surface area contributed by atoms with Crippen LogP contribution >= 0.6 is 0 Å². The van der Waals surface area contributed by atoms with Gasteiger partial charge in [-0.05, 0) is 6.07 Å². The van der Waals surface area contributed by atoms with Gasteiger partial charge in [-0.1, -0.05) is 18.2 Å². The first-order valence-corrected chi connectivity index (χ1v) is 2.66. The van der Waals surface area contributed by atoms with E-state index in [1.165, 1.54) is 0 Å². The highest BCUT2D eigenvalue weighted by atomic mass is 16.3. The minimum atomic E-state index is 0.597. The zero-order chi connectivity index (χ0) is 6.69. The molecular weight excluding hydrogens is 114 g/mol. The normalized spacial score (nSPS) is 9.44. The number of rotatable bonds is 1. The lowest BCUT2D eigenvalue weighted by atomic mass is 10.2. The van der Waals surface area contributed by atoms with Crippen molar-refractivity contribution >= 4 is 5.69 Å². The zero-order valence-electron chi connectivity index (χ0n) is 4.91. The van der Waals surface area contributed by atoms with Gasteiger partial charge in [0.15, 0.2) is 0 Å². The molecule has 3 N–H and O–H groups in total. The molecule has 9 heavy (non-hydrogen) atoms. The van der Waals surface area contributed by atoms with E-state index < -0.39 is 0 Å². The maximum Gasteiger partial charge on any atom is 0.111 e. The number of nitrogen functional groups attached to an aromatic ring is 1. The topological polar surface area (TPSA) is 46.2 Å². The third-order valence-corrected chi connectivity index (χ3v) is 1.14. The Morgan fingerprint density at radius 1 is 1.33 bits per heavy atom. The van der Waals surface area contributed by atoms with Gasteiger partial charge in [0.05, 0.1) is 0 Å². The van der Waals surface area contributed by atoms with Gasteiger partial charge >= 0.3 is 0 Å². The van der Waals surface area contributed by atoms with Crippen LogP contribution in [0.5, 0.6) is 0 Å². The lowest BCUT2D eigenvalue weighted by Gasteiger charge is -1.97. The first-order chi connectivity index (χ1) is 4.34. The molecule has 1 aromatic carbocycles. The number of para-hydroxylation sites is 1. The molecule has 0 amide bonds. The van der Waals surface area contributed by atoms with Crippen LogP contribution in [0.2, 0.25) is 0 Å². The molecule has 0 aliphatic carbocycles. The molecule has 1 rings (SSSR count). The average molecular weight is 122 g/mol. The Labute approximate surface area is 53.9 Å². The van der Waals surface area contributed by atoms with E-state index >= 15 is 0 Å². The van der Waals surface area contributed by atoms with Gasteiger partial charge in [0.25, 0.3) is 0 Å². The summed E-state index contributed by atoms with van der Waals surface area (Å²) >= 11 is 0. The van der Waals surface area contributed by atoms with Crippen LogP contribution in [-0.4, -0.2) is 5.11 Å². The molecule has 0 fully saturated rings. The lowest BCUT2D eigenvalue weighted by molar-refractivity contribution is 0.415. The molecule has 0 aromatic heterocycles. The summed E-state index contributed by atoms with van der Waals surface area (Å²) in [6.07, 6.45) is 0. The molecule has 2 nitrogen and oxygen atoms in total. The molecule has 1 radical (unpaired) electrons. The van der Waals surface area contributed by atoms with Gasteiger partial charge in [-0.25, -0.2) is 0 Å². The van der Waals surface area contributed by atoms with Crippen molar-refractivity contribution in [1.82, 2.24) is 0 Å². The number of aliphatic hydroxyl groups is 1. The van der Waals surface area contributed by atoms with Crippen LogP contribution in [0.1, 0.15) is 5.56 Å². The molecule has 0 unspecified atom stereocenters. The second kappa shape index (κ2) is 2.51. The Hall–Kier alpha value is -1.02. The predicted molar refractivity (Wildman–Crippen MR) is 36.2 cm³/mol. The lowest BCUT2D eigenvalue weighted by Crippen LogP contribution is -1.90. The quantitative estimate of drug-likeness (QED) is 0.549. The van der Waals surface area contributed by atoms with Crippen molar-refractivity contribution in [3.63, 3.8) is 0 Å². The van der Waals surface area contributed by atoms with Crippen molar-refractivity contribution < 1.29 is 5.11 Å². The van der Waals surface area contributed by atoms with Crippen LogP contribution in [0.15, 0.2) is 24.3 Å². The van der Waals surface area contributed by atoms with Gasteiger partial charge in [0.1, 0.15) is 6.61 Å². The second-order valence-electron chi connectivity index (χ2n) is 1.76. The summed E-state index contributed by atoms with van der Waals surface area (Å²) in [5, 5.41) is 8.51. The fourth-order valence-electron chi connectivity index (χ4n) is 0.628. The fraction of sp³-hybridized carbons (Fsp3) is 0. The van der Waals surface area contributed by atoms with Crippen LogP contribution in [0.4, 0.5) is 5.69 Å². The molecule has 1 aromatic rings. The Bertz CT molecular complexity index is 198. The summed E-state index contributed by atoms with van der Waals surface area (Å²) in [5.41, 5.74) is 6.70. The average Bonchev–Trinajstić information content (AvgIpc) is 1.89. The minimum absolute atomic E-state index is 0.597. The third-order valence-electron chi connectivity index (χ3n) is 1.14. The van der Waals surface area contributed by atoms with Crippen molar-refractivity contribution in [2.75, 3.05) is 5.73 Å². The van der Waals surface area contributed by atoms with Crippen molar-refractivity contribution in [3.05, 3.63) is 36.4 Å². The monoisotopic (exact) mass is 122 g/mol. The highest BCUT2D eigenvalue weighted by Gasteiger charge is 1.92. The van der Waals surface area contributed by atoms with E-state index in [1.807, 2.05) is 12.1 Å². The van der Waals surface area contributed by atoms with Gasteiger partial charge in [-0.2, -0.15) is 0 Å². The Balaban J connectivity index is 3.01. The maximum atomic E-state index is 8.51. The summed E-state index contributed by atoms with van der Waals surface area (Å²) in [6.45, 7) is 0.995. The van der Waals surface area contributed by atoms with Gasteiger partial charge in [-0.3, -0.25) is 0 Å². The molecule has 0 bridgehead atoms. The smallest absolute Gasteiger partial charge is 0.111 e. The van der Waals surface area contributed by atoms with E-state index in [0.717, 1.165) is 6.61 Å². The van der Waals surface area contributed by atoms with E-state index in [9.17, 15) is 0 Å². The standard InChI is InChI=1S/C7H8NO/c8-7-4-2-1-3-6(7)5-9/h1-5,9H,8H2. The molecule has 0 aliphatic heterocycles. The minimum Gasteiger partial charge on any atom is -0.398 e. The first kappa shape index (κ1) is 6.11. The molecule has 0 heterocycles. The van der Waals surface area contributed by atoms with Crippen LogP contribution < -0.4 is 5.73 Å². The largest absolute Gasteiger partial charge is 0.398 e. The van der Waals surface area contributed by atoms with Gasteiger partial charge in [-0.15, -0.1) is 0 Å². The summed E-state index contributed by atoms with van der Waals surface area (Å²) in [6, 6.07) is 7.12. The van der Waals surface area contributed by atoms with E-state index in [4.69, 9.17) is 10.8 Å². The molecule has 2 heteroatoms. The maximum absolute atomic E-state index is 8.51. The predicted octanol–water partition coefficient (Wildman–Crippen LogP) is 1.15. The van der Waals surface area contributed by atoms with Crippen LogP contribution in [0.25, 0.3) is 0 Å². The van der Waals surface area contributed by atoms with Crippen LogP contribution in [-0.2, 0) is 0 Å². The highest BCUT2D eigenvalue weighted by molar-refractivity contribution is 5.48. The first-order valence-electron chi connectivity index (χ1n) is 2.66. The summed E-state index contributed by atoms with van der Waals surface area (Å²) in [7, 11) is 0. The van der Waals surface area contributed by atoms with Crippen LogP contribution in [0, 0.1) is 6.61 Å². The number of benzene rings is 1. The number of hydrogen-bond acceptors (Lipinski definition) is 2. The molecule has 0 spiro atoms. The van der Waals surface area contributed by atoms with E-state index in [2.05, 4.69) is 0 Å². The summed E-state index contributed by atoms with van der Waals surface area (Å²) in [4.78, 5) is 0. The van der Waals surface area contributed by atoms with Crippen molar-refractivity contribution in [2.45, 2.75) is 0 Å². The Morgan fingerprint density at radius 2 is 2.00 bits per heavy atom. The number of nitrogens with two attached hydrogens (primary N) is 1. The molecule has 47 valence electrons. The van der Waals surface area contributed by atoms with E-state index in [1.54, 1.807) is 12.1 Å². The Morgan fingerprint density at radius 3 is 2.44 bits per heavy atom. The summed E-state index contributed by atoms with van der Waals surface area (Å²) in [5.74, 6) is 0. The van der Waals surface area contributed by atoms with E-state index in [0.29, 0.717) is 11.3 Å². The van der Waals surface area contributed by atoms with Crippen LogP contribution in [0.3, 0.4) is 0 Å². The summed E-state index contributed by atoms with van der Waals surface area (Å²) < 4.78 is 0. The molecule has 0 saturated carbocycles. The van der Waals surface area contributed by atoms with Crippen molar-refractivity contribution in [1.29, 1.82) is 0 Å². The van der Waals surface area contributed by atoms with E-state index in [-0.39, 0.29) is 0 Å². The zero-order valence-corrected chi connectivity index (χ0v) is 4.91. The SMILES string of the molecule is Nc1ccccc1[CH]O. The third kappa shape index (κ3) is 1.21.